The number of aromatic nitrogens is 1. The Hall–Kier alpha value is -1.42. The van der Waals surface area contributed by atoms with Crippen LogP contribution in [0.1, 0.15) is 24.8 Å². The van der Waals surface area contributed by atoms with Gasteiger partial charge in [-0.3, -0.25) is 9.78 Å². The highest BCUT2D eigenvalue weighted by Crippen LogP contribution is 2.32. The van der Waals surface area contributed by atoms with Crippen molar-refractivity contribution in [3.05, 3.63) is 30.1 Å². The normalized spacial score (nSPS) is 23.0. The predicted octanol–water partition coefficient (Wildman–Crippen LogP) is 1.41. The Morgan fingerprint density at radius 3 is 2.83 bits per heavy atom. The van der Waals surface area contributed by atoms with Crippen molar-refractivity contribution in [1.82, 2.24) is 9.88 Å². The number of nitrogens with zero attached hydrogens (tertiary/aromatic N) is 2. The van der Waals surface area contributed by atoms with E-state index in [0.29, 0.717) is 19.0 Å². The molecule has 0 spiro atoms. The van der Waals surface area contributed by atoms with Crippen LogP contribution in [-0.2, 0) is 11.3 Å². The van der Waals surface area contributed by atoms with Crippen molar-refractivity contribution in [2.24, 2.45) is 17.6 Å². The summed E-state index contributed by atoms with van der Waals surface area (Å²) in [6, 6.07) is 3.89. The van der Waals surface area contributed by atoms with Gasteiger partial charge in [0.05, 0.1) is 0 Å². The molecule has 1 saturated carbocycles. The molecule has 4 heteroatoms. The molecule has 1 heterocycles. The van der Waals surface area contributed by atoms with Gasteiger partial charge in [0.2, 0.25) is 5.91 Å². The SMILES string of the molecule is CN(Cc1ccncc1)C(=O)C1CCCC1CN. The van der Waals surface area contributed by atoms with Crippen molar-refractivity contribution in [2.45, 2.75) is 25.8 Å². The van der Waals surface area contributed by atoms with E-state index in [1.54, 1.807) is 12.4 Å². The molecule has 2 rings (SSSR count). The maximum Gasteiger partial charge on any atom is 0.226 e. The monoisotopic (exact) mass is 247 g/mol. The number of carbonyl (C=O) groups excluding carboxylic acids is 1. The van der Waals surface area contributed by atoms with E-state index in [1.165, 1.54) is 0 Å². The lowest BCUT2D eigenvalue weighted by Gasteiger charge is -2.24. The molecule has 2 unspecified atom stereocenters. The van der Waals surface area contributed by atoms with Gasteiger partial charge in [0.15, 0.2) is 0 Å². The number of hydrogen-bond donors (Lipinski definition) is 1. The van der Waals surface area contributed by atoms with E-state index < -0.39 is 0 Å². The number of hydrogen-bond acceptors (Lipinski definition) is 3. The zero-order chi connectivity index (χ0) is 13.0. The topological polar surface area (TPSA) is 59.2 Å². The summed E-state index contributed by atoms with van der Waals surface area (Å²) in [5, 5.41) is 0. The molecule has 18 heavy (non-hydrogen) atoms. The molecule has 0 bridgehead atoms. The Morgan fingerprint density at radius 2 is 2.17 bits per heavy atom. The summed E-state index contributed by atoms with van der Waals surface area (Å²) in [6.07, 6.45) is 6.72. The first kappa shape index (κ1) is 13.0. The van der Waals surface area contributed by atoms with Gasteiger partial charge >= 0.3 is 0 Å². The third-order valence-corrected chi connectivity index (χ3v) is 3.82. The molecule has 2 atom stereocenters. The van der Waals surface area contributed by atoms with Gasteiger partial charge in [0.25, 0.3) is 0 Å². The average molecular weight is 247 g/mol. The molecule has 1 aromatic heterocycles. The summed E-state index contributed by atoms with van der Waals surface area (Å²) in [4.78, 5) is 18.2. The Labute approximate surface area is 108 Å². The van der Waals surface area contributed by atoms with E-state index in [0.717, 1.165) is 24.8 Å². The number of rotatable bonds is 4. The summed E-state index contributed by atoms with van der Waals surface area (Å²) in [5.74, 6) is 0.735. The molecular weight excluding hydrogens is 226 g/mol. The van der Waals surface area contributed by atoms with Crippen molar-refractivity contribution in [3.8, 4) is 0 Å². The van der Waals surface area contributed by atoms with E-state index in [4.69, 9.17) is 5.73 Å². The molecule has 0 aliphatic heterocycles. The lowest BCUT2D eigenvalue weighted by molar-refractivity contribution is -0.135. The second-order valence-electron chi connectivity index (χ2n) is 5.08. The molecule has 1 amide bonds. The van der Waals surface area contributed by atoms with Crippen LogP contribution in [-0.4, -0.2) is 29.4 Å². The predicted molar refractivity (Wildman–Crippen MR) is 70.6 cm³/mol. The third kappa shape index (κ3) is 2.88. The Bertz CT molecular complexity index is 393. The fourth-order valence-electron chi connectivity index (χ4n) is 2.77. The quantitative estimate of drug-likeness (QED) is 0.875. The standard InChI is InChI=1S/C14H21N3O/c1-17(10-11-5-7-16-8-6-11)14(18)13-4-2-3-12(13)9-15/h5-8,12-13H,2-4,9-10,15H2,1H3. The minimum atomic E-state index is 0.127. The summed E-state index contributed by atoms with van der Waals surface area (Å²) in [7, 11) is 1.87. The third-order valence-electron chi connectivity index (χ3n) is 3.82. The fraction of sp³-hybridized carbons (Fsp3) is 0.571. The lowest BCUT2D eigenvalue weighted by atomic mass is 9.95. The van der Waals surface area contributed by atoms with Crippen LogP contribution in [0.25, 0.3) is 0 Å². The molecule has 1 aliphatic rings. The zero-order valence-corrected chi connectivity index (χ0v) is 10.9. The largest absolute Gasteiger partial charge is 0.341 e. The maximum absolute atomic E-state index is 12.4. The highest BCUT2D eigenvalue weighted by atomic mass is 16.2. The number of nitrogens with two attached hydrogens (primary N) is 1. The van der Waals surface area contributed by atoms with Crippen molar-refractivity contribution >= 4 is 5.91 Å². The zero-order valence-electron chi connectivity index (χ0n) is 10.9. The summed E-state index contributed by atoms with van der Waals surface area (Å²) >= 11 is 0. The molecule has 4 nitrogen and oxygen atoms in total. The van der Waals surface area contributed by atoms with E-state index in [1.807, 2.05) is 24.1 Å². The van der Waals surface area contributed by atoms with Crippen molar-refractivity contribution in [3.63, 3.8) is 0 Å². The van der Waals surface area contributed by atoms with E-state index in [9.17, 15) is 4.79 Å². The highest BCUT2D eigenvalue weighted by molar-refractivity contribution is 5.79. The molecule has 1 aliphatic carbocycles. The molecule has 1 fully saturated rings. The van der Waals surface area contributed by atoms with Crippen LogP contribution in [0.3, 0.4) is 0 Å². The van der Waals surface area contributed by atoms with Gasteiger partial charge in [-0.25, -0.2) is 0 Å². The molecule has 0 saturated heterocycles. The van der Waals surface area contributed by atoms with Crippen LogP contribution in [0, 0.1) is 11.8 Å². The maximum atomic E-state index is 12.4. The van der Waals surface area contributed by atoms with E-state index in [-0.39, 0.29) is 11.8 Å². The van der Waals surface area contributed by atoms with Crippen LogP contribution >= 0.6 is 0 Å². The minimum Gasteiger partial charge on any atom is -0.341 e. The highest BCUT2D eigenvalue weighted by Gasteiger charge is 2.33. The fourth-order valence-corrected chi connectivity index (χ4v) is 2.77. The van der Waals surface area contributed by atoms with Crippen LogP contribution in [0.5, 0.6) is 0 Å². The van der Waals surface area contributed by atoms with Crippen molar-refractivity contribution < 1.29 is 4.79 Å². The van der Waals surface area contributed by atoms with Gasteiger partial charge in [-0.15, -0.1) is 0 Å². The van der Waals surface area contributed by atoms with Gasteiger partial charge in [-0.05, 0) is 43.0 Å². The Morgan fingerprint density at radius 1 is 1.44 bits per heavy atom. The minimum absolute atomic E-state index is 0.127. The van der Waals surface area contributed by atoms with Gasteiger partial charge in [-0.1, -0.05) is 6.42 Å². The lowest BCUT2D eigenvalue weighted by Crippen LogP contribution is -2.36. The first-order valence-electron chi connectivity index (χ1n) is 6.56. The number of pyridine rings is 1. The van der Waals surface area contributed by atoms with Crippen molar-refractivity contribution in [1.29, 1.82) is 0 Å². The van der Waals surface area contributed by atoms with Crippen LogP contribution < -0.4 is 5.73 Å². The summed E-state index contributed by atoms with van der Waals surface area (Å²) in [6.45, 7) is 1.27. The molecular formula is C14H21N3O. The summed E-state index contributed by atoms with van der Waals surface area (Å²) in [5.41, 5.74) is 6.85. The molecule has 2 N–H and O–H groups in total. The second-order valence-corrected chi connectivity index (χ2v) is 5.08. The smallest absolute Gasteiger partial charge is 0.226 e. The van der Waals surface area contributed by atoms with Crippen LogP contribution in [0.15, 0.2) is 24.5 Å². The average Bonchev–Trinajstić information content (AvgIpc) is 2.87. The van der Waals surface area contributed by atoms with Gasteiger partial charge in [-0.2, -0.15) is 0 Å². The van der Waals surface area contributed by atoms with Gasteiger partial charge in [0, 0.05) is 31.9 Å². The Balaban J connectivity index is 1.96. The number of carbonyl (C=O) groups is 1. The van der Waals surface area contributed by atoms with E-state index >= 15 is 0 Å². The second kappa shape index (κ2) is 5.96. The van der Waals surface area contributed by atoms with Crippen molar-refractivity contribution in [2.75, 3.05) is 13.6 Å². The summed E-state index contributed by atoms with van der Waals surface area (Å²) < 4.78 is 0. The first-order valence-corrected chi connectivity index (χ1v) is 6.56. The van der Waals surface area contributed by atoms with Crippen LogP contribution in [0.2, 0.25) is 0 Å². The number of amides is 1. The first-order chi connectivity index (χ1) is 8.72. The van der Waals surface area contributed by atoms with Gasteiger partial charge < -0.3 is 10.6 Å². The molecule has 0 aromatic carbocycles. The van der Waals surface area contributed by atoms with Gasteiger partial charge in [0.1, 0.15) is 0 Å². The van der Waals surface area contributed by atoms with Crippen LogP contribution in [0.4, 0.5) is 0 Å². The molecule has 98 valence electrons. The van der Waals surface area contributed by atoms with E-state index in [2.05, 4.69) is 4.98 Å². The Kier molecular flexibility index (Phi) is 4.31. The molecule has 1 aromatic rings. The molecule has 0 radical (unpaired) electrons.